The second-order valence-corrected chi connectivity index (χ2v) is 6.57. The first-order valence-electron chi connectivity index (χ1n) is 7.87. The van der Waals surface area contributed by atoms with E-state index in [1.807, 2.05) is 48.5 Å². The normalized spacial score (nSPS) is 10.5. The molecular weight excluding hydrogens is 328 g/mol. The van der Waals surface area contributed by atoms with Crippen LogP contribution in [0.3, 0.4) is 0 Å². The molecule has 0 saturated heterocycles. The average molecular weight is 342 g/mol. The van der Waals surface area contributed by atoms with E-state index in [0.717, 1.165) is 28.8 Å². The molecule has 0 aliphatic heterocycles. The number of aromatic nitrogens is 2. The molecule has 0 aliphatic carbocycles. The van der Waals surface area contributed by atoms with Gasteiger partial charge in [0.25, 0.3) is 0 Å². The minimum absolute atomic E-state index is 0.599. The van der Waals surface area contributed by atoms with Crippen molar-refractivity contribution in [2.45, 2.75) is 6.54 Å². The Bertz CT molecular complexity index is 1060. The molecular formula is C20H14N4S. The van der Waals surface area contributed by atoms with Crippen molar-refractivity contribution in [3.63, 3.8) is 0 Å². The number of rotatable bonds is 4. The van der Waals surface area contributed by atoms with Crippen molar-refractivity contribution in [2.75, 3.05) is 5.32 Å². The van der Waals surface area contributed by atoms with Crippen LogP contribution in [0.2, 0.25) is 0 Å². The van der Waals surface area contributed by atoms with E-state index in [4.69, 9.17) is 10.2 Å². The van der Waals surface area contributed by atoms with Crippen LogP contribution in [0.1, 0.15) is 10.4 Å². The smallest absolute Gasteiger partial charge is 0.162 e. The van der Waals surface area contributed by atoms with Gasteiger partial charge < -0.3 is 5.32 Å². The Morgan fingerprint density at radius 1 is 1.00 bits per heavy atom. The number of nitrogens with zero attached hydrogens (tertiary/aromatic N) is 3. The number of fused-ring (bicyclic) bond motifs is 1. The number of nitriles is 1. The fourth-order valence-electron chi connectivity index (χ4n) is 2.65. The van der Waals surface area contributed by atoms with Gasteiger partial charge in [0, 0.05) is 15.8 Å². The maximum atomic E-state index is 9.12. The number of para-hydroxylation sites is 1. The SMILES string of the molecule is N#Cc1cccc(-c2nc(NCc3cccs3)c3ccccc3n2)c1. The second-order valence-electron chi connectivity index (χ2n) is 5.54. The summed E-state index contributed by atoms with van der Waals surface area (Å²) in [6, 6.07) is 21.6. The lowest BCUT2D eigenvalue weighted by molar-refractivity contribution is 1.13. The average Bonchev–Trinajstić information content (AvgIpc) is 3.19. The maximum Gasteiger partial charge on any atom is 0.162 e. The monoisotopic (exact) mass is 342 g/mol. The van der Waals surface area contributed by atoms with Gasteiger partial charge in [-0.1, -0.05) is 30.3 Å². The molecule has 0 saturated carbocycles. The summed E-state index contributed by atoms with van der Waals surface area (Å²) < 4.78 is 0. The predicted octanol–water partition coefficient (Wildman–Crippen LogP) is 4.84. The Morgan fingerprint density at radius 3 is 2.76 bits per heavy atom. The molecule has 2 aromatic heterocycles. The summed E-state index contributed by atoms with van der Waals surface area (Å²) in [4.78, 5) is 10.6. The van der Waals surface area contributed by atoms with Gasteiger partial charge in [-0.15, -0.1) is 11.3 Å². The molecule has 0 bridgehead atoms. The summed E-state index contributed by atoms with van der Waals surface area (Å²) >= 11 is 1.71. The number of anilines is 1. The summed E-state index contributed by atoms with van der Waals surface area (Å²) in [6.45, 7) is 0.719. The van der Waals surface area contributed by atoms with E-state index in [-0.39, 0.29) is 0 Å². The summed E-state index contributed by atoms with van der Waals surface area (Å²) in [5.41, 5.74) is 2.31. The van der Waals surface area contributed by atoms with Gasteiger partial charge in [-0.2, -0.15) is 5.26 Å². The molecule has 0 unspecified atom stereocenters. The molecule has 0 amide bonds. The highest BCUT2D eigenvalue weighted by atomic mass is 32.1. The molecule has 120 valence electrons. The molecule has 0 atom stereocenters. The van der Waals surface area contributed by atoms with Gasteiger partial charge in [0.05, 0.1) is 23.7 Å². The van der Waals surface area contributed by atoms with Crippen molar-refractivity contribution in [1.29, 1.82) is 5.26 Å². The Labute approximate surface area is 149 Å². The number of benzene rings is 2. The van der Waals surface area contributed by atoms with Gasteiger partial charge in [-0.05, 0) is 35.7 Å². The largest absolute Gasteiger partial charge is 0.365 e. The molecule has 0 radical (unpaired) electrons. The lowest BCUT2D eigenvalue weighted by Gasteiger charge is -2.10. The minimum atomic E-state index is 0.599. The first-order chi connectivity index (χ1) is 12.3. The van der Waals surface area contributed by atoms with E-state index in [9.17, 15) is 0 Å². The van der Waals surface area contributed by atoms with Crippen LogP contribution in [0.5, 0.6) is 0 Å². The third kappa shape index (κ3) is 3.21. The van der Waals surface area contributed by atoms with Crippen molar-refractivity contribution in [2.24, 2.45) is 0 Å². The van der Waals surface area contributed by atoms with Crippen LogP contribution < -0.4 is 5.32 Å². The van der Waals surface area contributed by atoms with Crippen molar-refractivity contribution >= 4 is 28.1 Å². The molecule has 4 aromatic rings. The molecule has 25 heavy (non-hydrogen) atoms. The molecule has 2 heterocycles. The van der Waals surface area contributed by atoms with E-state index in [0.29, 0.717) is 11.4 Å². The van der Waals surface area contributed by atoms with Gasteiger partial charge in [0.15, 0.2) is 5.82 Å². The van der Waals surface area contributed by atoms with Crippen molar-refractivity contribution in [1.82, 2.24) is 9.97 Å². The van der Waals surface area contributed by atoms with Crippen LogP contribution in [0, 0.1) is 11.3 Å². The van der Waals surface area contributed by atoms with Gasteiger partial charge in [0.1, 0.15) is 5.82 Å². The van der Waals surface area contributed by atoms with E-state index in [1.54, 1.807) is 17.4 Å². The first kappa shape index (κ1) is 15.3. The van der Waals surface area contributed by atoms with Crippen LogP contribution in [-0.2, 0) is 6.54 Å². The van der Waals surface area contributed by atoms with Gasteiger partial charge >= 0.3 is 0 Å². The van der Waals surface area contributed by atoms with Crippen LogP contribution in [0.15, 0.2) is 66.0 Å². The fraction of sp³-hybridized carbons (Fsp3) is 0.0500. The van der Waals surface area contributed by atoms with Gasteiger partial charge in [-0.25, -0.2) is 9.97 Å². The van der Waals surface area contributed by atoms with E-state index in [2.05, 4.69) is 27.8 Å². The molecule has 4 rings (SSSR count). The summed E-state index contributed by atoms with van der Waals surface area (Å²) in [6.07, 6.45) is 0. The third-order valence-corrected chi connectivity index (χ3v) is 4.74. The lowest BCUT2D eigenvalue weighted by Crippen LogP contribution is -2.03. The quantitative estimate of drug-likeness (QED) is 0.576. The second kappa shape index (κ2) is 6.71. The Kier molecular flexibility index (Phi) is 4.11. The molecule has 5 heteroatoms. The number of hydrogen-bond acceptors (Lipinski definition) is 5. The third-order valence-electron chi connectivity index (χ3n) is 3.86. The standard InChI is InChI=1S/C20H14N4S/c21-12-14-5-3-6-15(11-14)19-23-18-9-2-1-8-17(18)20(24-19)22-13-16-7-4-10-25-16/h1-11H,13H2,(H,22,23,24). The van der Waals surface area contributed by atoms with Crippen LogP contribution in [0.25, 0.3) is 22.3 Å². The Balaban J connectivity index is 1.79. The highest BCUT2D eigenvalue weighted by Crippen LogP contribution is 2.26. The molecule has 0 aliphatic rings. The minimum Gasteiger partial charge on any atom is -0.365 e. The maximum absolute atomic E-state index is 9.12. The Hall–Kier alpha value is -3.23. The summed E-state index contributed by atoms with van der Waals surface area (Å²) in [5, 5.41) is 15.6. The van der Waals surface area contributed by atoms with E-state index >= 15 is 0 Å². The Morgan fingerprint density at radius 2 is 1.92 bits per heavy atom. The molecule has 1 N–H and O–H groups in total. The summed E-state index contributed by atoms with van der Waals surface area (Å²) in [7, 11) is 0. The molecule has 2 aromatic carbocycles. The first-order valence-corrected chi connectivity index (χ1v) is 8.75. The zero-order valence-electron chi connectivity index (χ0n) is 13.3. The topological polar surface area (TPSA) is 61.6 Å². The molecule has 0 fully saturated rings. The van der Waals surface area contributed by atoms with Crippen molar-refractivity contribution in [3.05, 3.63) is 76.5 Å². The van der Waals surface area contributed by atoms with Crippen LogP contribution >= 0.6 is 11.3 Å². The van der Waals surface area contributed by atoms with Crippen molar-refractivity contribution < 1.29 is 0 Å². The van der Waals surface area contributed by atoms with Gasteiger partial charge in [0.2, 0.25) is 0 Å². The highest BCUT2D eigenvalue weighted by molar-refractivity contribution is 7.09. The van der Waals surface area contributed by atoms with Crippen molar-refractivity contribution in [3.8, 4) is 17.5 Å². The predicted molar refractivity (Wildman–Crippen MR) is 101 cm³/mol. The van der Waals surface area contributed by atoms with Crippen LogP contribution in [0.4, 0.5) is 5.82 Å². The van der Waals surface area contributed by atoms with E-state index in [1.165, 1.54) is 4.88 Å². The number of thiophene rings is 1. The van der Waals surface area contributed by atoms with E-state index < -0.39 is 0 Å². The highest BCUT2D eigenvalue weighted by Gasteiger charge is 2.10. The molecule has 4 nitrogen and oxygen atoms in total. The fourth-order valence-corrected chi connectivity index (χ4v) is 3.30. The lowest BCUT2D eigenvalue weighted by atomic mass is 10.1. The van der Waals surface area contributed by atoms with Crippen LogP contribution in [-0.4, -0.2) is 9.97 Å². The number of nitrogens with one attached hydrogen (secondary N) is 1. The zero-order valence-corrected chi connectivity index (χ0v) is 14.1. The zero-order chi connectivity index (χ0) is 17.1. The molecule has 0 spiro atoms. The number of hydrogen-bond donors (Lipinski definition) is 1. The van der Waals surface area contributed by atoms with Gasteiger partial charge in [-0.3, -0.25) is 0 Å². The summed E-state index contributed by atoms with van der Waals surface area (Å²) in [5.74, 6) is 1.42.